The molecule has 0 aliphatic rings. The van der Waals surface area contributed by atoms with Crippen molar-refractivity contribution in [2.45, 2.75) is 26.2 Å². The van der Waals surface area contributed by atoms with Crippen LogP contribution in [0.2, 0.25) is 0 Å². The Labute approximate surface area is 76.0 Å². The van der Waals surface area contributed by atoms with Crippen LogP contribution >= 0.6 is 0 Å². The van der Waals surface area contributed by atoms with Crippen molar-refractivity contribution in [3.05, 3.63) is 49.1 Å². The number of hydrogen-bond acceptors (Lipinski definition) is 0. The minimum absolute atomic E-state index is 0.959. The molecule has 0 aromatic carbocycles. The van der Waals surface area contributed by atoms with E-state index >= 15 is 0 Å². The van der Waals surface area contributed by atoms with E-state index in [9.17, 15) is 0 Å². The molecule has 12 heavy (non-hydrogen) atoms. The first kappa shape index (κ1) is 11.0. The van der Waals surface area contributed by atoms with Gasteiger partial charge in [0.25, 0.3) is 0 Å². The van der Waals surface area contributed by atoms with Crippen molar-refractivity contribution in [2.75, 3.05) is 0 Å². The largest absolute Gasteiger partial charge is 0.103 e. The molecule has 0 radical (unpaired) electrons. The third-order valence-corrected chi connectivity index (χ3v) is 1.60. The molecule has 0 heteroatoms. The average Bonchev–Trinajstić information content (AvgIpc) is 2.10. The summed E-state index contributed by atoms with van der Waals surface area (Å²) in [6.45, 7) is 9.45. The van der Waals surface area contributed by atoms with Crippen molar-refractivity contribution in [1.29, 1.82) is 0 Å². The van der Waals surface area contributed by atoms with Gasteiger partial charge in [0, 0.05) is 0 Å². The fourth-order valence-corrected chi connectivity index (χ4v) is 0.955. The standard InChI is InChI=1S/C12H18/c1-4-7-10-12(9-6-3)11-8-5-2/h4-6,8,10H,1,3,7,9,11H2,2H3/b8-5?,12-10-. The van der Waals surface area contributed by atoms with Crippen LogP contribution in [0.1, 0.15) is 26.2 Å². The summed E-state index contributed by atoms with van der Waals surface area (Å²) >= 11 is 0. The van der Waals surface area contributed by atoms with E-state index in [2.05, 4.69) is 31.4 Å². The summed E-state index contributed by atoms with van der Waals surface area (Å²) in [4.78, 5) is 0. The van der Waals surface area contributed by atoms with Gasteiger partial charge in [-0.05, 0) is 26.2 Å². The molecular formula is C12H18. The summed E-state index contributed by atoms with van der Waals surface area (Å²) in [5.41, 5.74) is 1.42. The first-order valence-electron chi connectivity index (χ1n) is 4.36. The molecule has 0 N–H and O–H groups in total. The Morgan fingerprint density at radius 1 is 1.17 bits per heavy atom. The molecule has 0 amide bonds. The van der Waals surface area contributed by atoms with Gasteiger partial charge in [-0.1, -0.05) is 36.0 Å². The third kappa shape index (κ3) is 5.72. The summed E-state index contributed by atoms with van der Waals surface area (Å²) in [6, 6.07) is 0. The molecular weight excluding hydrogens is 144 g/mol. The molecule has 0 unspecified atom stereocenters. The molecule has 0 aliphatic carbocycles. The van der Waals surface area contributed by atoms with Crippen LogP contribution in [0.3, 0.4) is 0 Å². The zero-order valence-corrected chi connectivity index (χ0v) is 7.92. The van der Waals surface area contributed by atoms with Gasteiger partial charge in [0.15, 0.2) is 0 Å². The zero-order valence-electron chi connectivity index (χ0n) is 7.92. The van der Waals surface area contributed by atoms with Crippen LogP contribution in [-0.4, -0.2) is 0 Å². The Balaban J connectivity index is 4.00. The van der Waals surface area contributed by atoms with Crippen LogP contribution in [0, 0.1) is 0 Å². The minimum Gasteiger partial charge on any atom is -0.103 e. The van der Waals surface area contributed by atoms with Crippen LogP contribution in [0.4, 0.5) is 0 Å². The molecule has 0 bridgehead atoms. The molecule has 66 valence electrons. The topological polar surface area (TPSA) is 0 Å². The van der Waals surface area contributed by atoms with Gasteiger partial charge < -0.3 is 0 Å². The molecule has 0 saturated heterocycles. The maximum atomic E-state index is 3.73. The maximum Gasteiger partial charge on any atom is -0.0136 e. The van der Waals surface area contributed by atoms with Gasteiger partial charge in [-0.2, -0.15) is 0 Å². The van der Waals surface area contributed by atoms with Gasteiger partial charge in [0.2, 0.25) is 0 Å². The van der Waals surface area contributed by atoms with E-state index in [0.717, 1.165) is 19.3 Å². The van der Waals surface area contributed by atoms with E-state index in [-0.39, 0.29) is 0 Å². The fourth-order valence-electron chi connectivity index (χ4n) is 0.955. The molecule has 0 saturated carbocycles. The highest BCUT2D eigenvalue weighted by atomic mass is 14.0. The van der Waals surface area contributed by atoms with Gasteiger partial charge in [0.1, 0.15) is 0 Å². The molecule has 0 heterocycles. The zero-order chi connectivity index (χ0) is 9.23. The van der Waals surface area contributed by atoms with E-state index < -0.39 is 0 Å². The molecule has 0 rings (SSSR count). The third-order valence-electron chi connectivity index (χ3n) is 1.60. The van der Waals surface area contributed by atoms with Crippen molar-refractivity contribution in [3.8, 4) is 0 Å². The van der Waals surface area contributed by atoms with Gasteiger partial charge in [-0.25, -0.2) is 0 Å². The lowest BCUT2D eigenvalue weighted by Crippen LogP contribution is -1.78. The number of hydrogen-bond donors (Lipinski definition) is 0. The molecule has 0 aromatic heterocycles. The lowest BCUT2D eigenvalue weighted by atomic mass is 10.1. The molecule has 0 aromatic rings. The van der Waals surface area contributed by atoms with Gasteiger partial charge in [-0.15, -0.1) is 13.2 Å². The second kappa shape index (κ2) is 8.06. The van der Waals surface area contributed by atoms with Crippen LogP contribution in [0.25, 0.3) is 0 Å². The lowest BCUT2D eigenvalue weighted by Gasteiger charge is -1.98. The van der Waals surface area contributed by atoms with Crippen LogP contribution < -0.4 is 0 Å². The first-order chi connectivity index (χ1) is 5.85. The van der Waals surface area contributed by atoms with E-state index in [1.807, 2.05) is 19.1 Å². The number of allylic oxidation sites excluding steroid dienone is 6. The van der Waals surface area contributed by atoms with Crippen molar-refractivity contribution in [1.82, 2.24) is 0 Å². The van der Waals surface area contributed by atoms with Crippen LogP contribution in [0.15, 0.2) is 49.1 Å². The van der Waals surface area contributed by atoms with Crippen LogP contribution in [0.5, 0.6) is 0 Å². The van der Waals surface area contributed by atoms with Gasteiger partial charge in [-0.3, -0.25) is 0 Å². The van der Waals surface area contributed by atoms with Crippen molar-refractivity contribution in [2.24, 2.45) is 0 Å². The van der Waals surface area contributed by atoms with Gasteiger partial charge in [0.05, 0.1) is 0 Å². The Bertz CT molecular complexity index is 182. The van der Waals surface area contributed by atoms with Crippen molar-refractivity contribution >= 4 is 0 Å². The summed E-state index contributed by atoms with van der Waals surface area (Å²) in [6.07, 6.45) is 13.3. The normalized spacial score (nSPS) is 11.9. The predicted octanol–water partition coefficient (Wildman–Crippen LogP) is 4.03. The fraction of sp³-hybridized carbons (Fsp3) is 0.333. The SMILES string of the molecule is C=CC/C=C(/CC=C)CC=CC. The Hall–Kier alpha value is -1.04. The van der Waals surface area contributed by atoms with E-state index in [0.29, 0.717) is 0 Å². The molecule has 0 aliphatic heterocycles. The molecule has 0 spiro atoms. The quantitative estimate of drug-likeness (QED) is 0.517. The van der Waals surface area contributed by atoms with Crippen LogP contribution in [-0.2, 0) is 0 Å². The second-order valence-electron chi connectivity index (χ2n) is 2.65. The summed E-state index contributed by atoms with van der Waals surface area (Å²) in [5.74, 6) is 0. The smallest absolute Gasteiger partial charge is 0.0136 e. The second-order valence-corrected chi connectivity index (χ2v) is 2.65. The minimum atomic E-state index is 0.959. The van der Waals surface area contributed by atoms with E-state index in [4.69, 9.17) is 0 Å². The van der Waals surface area contributed by atoms with Crippen molar-refractivity contribution < 1.29 is 0 Å². The highest BCUT2D eigenvalue weighted by Crippen LogP contribution is 2.09. The predicted molar refractivity (Wildman–Crippen MR) is 57.1 cm³/mol. The van der Waals surface area contributed by atoms with E-state index in [1.165, 1.54) is 5.57 Å². The summed E-state index contributed by atoms with van der Waals surface area (Å²) in [7, 11) is 0. The van der Waals surface area contributed by atoms with Crippen molar-refractivity contribution in [3.63, 3.8) is 0 Å². The lowest BCUT2D eigenvalue weighted by molar-refractivity contribution is 1.08. The Morgan fingerprint density at radius 2 is 1.92 bits per heavy atom. The Morgan fingerprint density at radius 3 is 2.42 bits per heavy atom. The molecule has 0 fully saturated rings. The Kier molecular flexibility index (Phi) is 7.36. The number of rotatable bonds is 6. The highest BCUT2D eigenvalue weighted by Gasteiger charge is 1.89. The average molecular weight is 162 g/mol. The summed E-state index contributed by atoms with van der Waals surface area (Å²) < 4.78 is 0. The molecule has 0 nitrogen and oxygen atoms in total. The highest BCUT2D eigenvalue weighted by molar-refractivity contribution is 5.11. The van der Waals surface area contributed by atoms with E-state index in [1.54, 1.807) is 0 Å². The summed E-state index contributed by atoms with van der Waals surface area (Å²) in [5, 5.41) is 0. The maximum absolute atomic E-state index is 3.73. The van der Waals surface area contributed by atoms with Gasteiger partial charge >= 0.3 is 0 Å². The monoisotopic (exact) mass is 162 g/mol. The molecule has 0 atom stereocenters. The first-order valence-corrected chi connectivity index (χ1v) is 4.36.